The van der Waals surface area contributed by atoms with Crippen molar-refractivity contribution in [2.24, 2.45) is 0 Å². The molecule has 0 aliphatic carbocycles. The molecule has 220 valence electrons. The van der Waals surface area contributed by atoms with Crippen LogP contribution < -0.4 is 9.62 Å². The quantitative estimate of drug-likeness (QED) is 0.255. The van der Waals surface area contributed by atoms with Crippen LogP contribution in [0.25, 0.3) is 0 Å². The lowest BCUT2D eigenvalue weighted by atomic mass is 10.1. The summed E-state index contributed by atoms with van der Waals surface area (Å²) in [6, 6.07) is 14.9. The van der Waals surface area contributed by atoms with Crippen molar-refractivity contribution in [3.05, 3.63) is 93.7 Å². The number of rotatable bonds is 12. The van der Waals surface area contributed by atoms with Crippen LogP contribution in [0.4, 0.5) is 10.1 Å². The third-order valence-corrected chi connectivity index (χ3v) is 9.25. The Morgan fingerprint density at radius 3 is 2.12 bits per heavy atom. The Bertz CT molecular complexity index is 1470. The van der Waals surface area contributed by atoms with Crippen LogP contribution in [0.3, 0.4) is 0 Å². The molecular weight excluding hydrogens is 588 g/mol. The predicted octanol–water partition coefficient (Wildman–Crippen LogP) is 6.36. The SMILES string of the molecule is CCC(C)NC(=O)C(CC)N(Cc1ccc(Cl)c(Cl)c1)C(=O)CN(c1ccc(C)cc1)S(=O)(=O)c1ccc(F)cc1. The summed E-state index contributed by atoms with van der Waals surface area (Å²) in [6.45, 7) is 6.82. The summed E-state index contributed by atoms with van der Waals surface area (Å²) in [5.74, 6) is -1.54. The minimum Gasteiger partial charge on any atom is -0.352 e. The Labute approximate surface area is 251 Å². The molecule has 3 aromatic carbocycles. The van der Waals surface area contributed by atoms with E-state index in [2.05, 4.69) is 5.32 Å². The minimum atomic E-state index is -4.29. The monoisotopic (exact) mass is 621 g/mol. The van der Waals surface area contributed by atoms with Crippen molar-refractivity contribution < 1.29 is 22.4 Å². The molecule has 3 aromatic rings. The Morgan fingerprint density at radius 2 is 1.56 bits per heavy atom. The minimum absolute atomic E-state index is 0.0134. The van der Waals surface area contributed by atoms with Gasteiger partial charge in [-0.3, -0.25) is 13.9 Å². The van der Waals surface area contributed by atoms with Crippen LogP contribution in [0.1, 0.15) is 44.7 Å². The van der Waals surface area contributed by atoms with Crippen molar-refractivity contribution in [2.45, 2.75) is 64.1 Å². The van der Waals surface area contributed by atoms with E-state index >= 15 is 0 Å². The molecule has 0 aliphatic rings. The molecule has 0 saturated heterocycles. The third-order valence-electron chi connectivity index (χ3n) is 6.73. The number of sulfonamides is 1. The number of hydrogen-bond donors (Lipinski definition) is 1. The average Bonchev–Trinajstić information content (AvgIpc) is 2.94. The maximum absolute atomic E-state index is 14.1. The van der Waals surface area contributed by atoms with Crippen LogP contribution >= 0.6 is 23.2 Å². The van der Waals surface area contributed by atoms with Gasteiger partial charge in [0.2, 0.25) is 11.8 Å². The maximum Gasteiger partial charge on any atom is 0.264 e. The first kappa shape index (κ1) is 32.4. The second-order valence-corrected chi connectivity index (χ2v) is 12.5. The number of halogens is 3. The molecule has 0 saturated carbocycles. The van der Waals surface area contributed by atoms with Crippen molar-refractivity contribution >= 4 is 50.7 Å². The number of hydrogen-bond acceptors (Lipinski definition) is 4. The Balaban J connectivity index is 2.07. The highest BCUT2D eigenvalue weighted by atomic mass is 35.5. The van der Waals surface area contributed by atoms with Gasteiger partial charge in [-0.1, -0.05) is 60.8 Å². The van der Waals surface area contributed by atoms with Gasteiger partial charge in [0, 0.05) is 12.6 Å². The highest BCUT2D eigenvalue weighted by molar-refractivity contribution is 7.92. The Morgan fingerprint density at radius 1 is 0.927 bits per heavy atom. The van der Waals surface area contributed by atoms with Crippen LogP contribution in [0.2, 0.25) is 10.0 Å². The molecule has 0 aliphatic heterocycles. The molecule has 2 atom stereocenters. The van der Waals surface area contributed by atoms with Crippen molar-refractivity contribution in [1.82, 2.24) is 10.2 Å². The van der Waals surface area contributed by atoms with E-state index in [1.54, 1.807) is 49.4 Å². The molecule has 0 bridgehead atoms. The first-order chi connectivity index (χ1) is 19.4. The van der Waals surface area contributed by atoms with Gasteiger partial charge in [-0.25, -0.2) is 12.8 Å². The molecule has 11 heteroatoms. The Hall–Kier alpha value is -3.14. The van der Waals surface area contributed by atoms with E-state index in [4.69, 9.17) is 23.2 Å². The molecule has 3 rings (SSSR count). The number of anilines is 1. The largest absolute Gasteiger partial charge is 0.352 e. The van der Waals surface area contributed by atoms with Gasteiger partial charge in [0.05, 0.1) is 20.6 Å². The van der Waals surface area contributed by atoms with Gasteiger partial charge in [0.25, 0.3) is 10.0 Å². The zero-order valence-electron chi connectivity index (χ0n) is 23.4. The smallest absolute Gasteiger partial charge is 0.264 e. The van der Waals surface area contributed by atoms with Crippen LogP contribution in [0.15, 0.2) is 71.6 Å². The molecule has 2 amide bonds. The number of nitrogens with one attached hydrogen (secondary N) is 1. The van der Waals surface area contributed by atoms with E-state index in [-0.39, 0.29) is 40.5 Å². The second-order valence-electron chi connectivity index (χ2n) is 9.81. The molecule has 2 unspecified atom stereocenters. The lowest BCUT2D eigenvalue weighted by Gasteiger charge is -2.33. The van der Waals surface area contributed by atoms with Gasteiger partial charge in [-0.15, -0.1) is 0 Å². The van der Waals surface area contributed by atoms with Crippen molar-refractivity contribution in [3.8, 4) is 0 Å². The molecule has 0 heterocycles. The molecule has 0 spiro atoms. The van der Waals surface area contributed by atoms with Crippen LogP contribution in [-0.2, 0) is 26.2 Å². The van der Waals surface area contributed by atoms with Gasteiger partial charge in [-0.2, -0.15) is 0 Å². The summed E-state index contributed by atoms with van der Waals surface area (Å²) < 4.78 is 42.2. The third kappa shape index (κ3) is 8.21. The highest BCUT2D eigenvalue weighted by Gasteiger charge is 2.34. The van der Waals surface area contributed by atoms with Crippen molar-refractivity contribution in [2.75, 3.05) is 10.8 Å². The van der Waals surface area contributed by atoms with Crippen LogP contribution in [0.5, 0.6) is 0 Å². The van der Waals surface area contributed by atoms with Gasteiger partial charge in [-0.05, 0) is 80.8 Å². The number of aryl methyl sites for hydroxylation is 1. The fraction of sp³-hybridized carbons (Fsp3) is 0.333. The normalized spacial score (nSPS) is 12.9. The Kier molecular flexibility index (Phi) is 11.2. The van der Waals surface area contributed by atoms with Crippen LogP contribution in [-0.4, -0.2) is 43.8 Å². The fourth-order valence-corrected chi connectivity index (χ4v) is 5.90. The summed E-state index contributed by atoms with van der Waals surface area (Å²) in [5.41, 5.74) is 1.76. The molecule has 0 fully saturated rings. The molecule has 7 nitrogen and oxygen atoms in total. The number of nitrogens with zero attached hydrogens (tertiary/aromatic N) is 2. The lowest BCUT2D eigenvalue weighted by Crippen LogP contribution is -2.53. The zero-order chi connectivity index (χ0) is 30.3. The standard InChI is InChI=1S/C30H34Cl2FN3O4S/c1-5-21(4)34-30(38)28(6-2)35(18-22-9-16-26(31)27(32)17-22)29(37)19-36(24-12-7-20(3)8-13-24)41(39,40)25-14-10-23(33)11-15-25/h7-17,21,28H,5-6,18-19H2,1-4H3,(H,34,38). The number of benzene rings is 3. The van der Waals surface area contributed by atoms with Crippen molar-refractivity contribution in [1.29, 1.82) is 0 Å². The van der Waals surface area contributed by atoms with Crippen molar-refractivity contribution in [3.63, 3.8) is 0 Å². The van der Waals surface area contributed by atoms with Gasteiger partial charge in [0.1, 0.15) is 18.4 Å². The second kappa shape index (κ2) is 14.2. The van der Waals surface area contributed by atoms with E-state index in [1.165, 1.54) is 4.90 Å². The summed E-state index contributed by atoms with van der Waals surface area (Å²) in [4.78, 5) is 28.6. The number of amides is 2. The molecule has 0 aromatic heterocycles. The number of carbonyl (C=O) groups excluding carboxylic acids is 2. The summed E-state index contributed by atoms with van der Waals surface area (Å²) in [7, 11) is -4.29. The molecule has 41 heavy (non-hydrogen) atoms. The summed E-state index contributed by atoms with van der Waals surface area (Å²) >= 11 is 12.3. The average molecular weight is 623 g/mol. The summed E-state index contributed by atoms with van der Waals surface area (Å²) in [5, 5.41) is 3.55. The van der Waals surface area contributed by atoms with E-state index in [1.807, 2.05) is 20.8 Å². The molecular formula is C30H34Cl2FN3O4S. The fourth-order valence-electron chi connectivity index (χ4n) is 4.17. The van der Waals surface area contributed by atoms with Gasteiger partial charge < -0.3 is 10.2 Å². The van der Waals surface area contributed by atoms with E-state index in [9.17, 15) is 22.4 Å². The van der Waals surface area contributed by atoms with Gasteiger partial charge in [0.15, 0.2) is 0 Å². The maximum atomic E-state index is 14.1. The topological polar surface area (TPSA) is 86.8 Å². The molecule has 1 N–H and O–H groups in total. The first-order valence-corrected chi connectivity index (χ1v) is 15.5. The lowest BCUT2D eigenvalue weighted by molar-refractivity contribution is -0.140. The summed E-state index contributed by atoms with van der Waals surface area (Å²) in [6.07, 6.45) is 0.977. The van der Waals surface area contributed by atoms with E-state index < -0.39 is 34.3 Å². The highest BCUT2D eigenvalue weighted by Crippen LogP contribution is 2.27. The zero-order valence-corrected chi connectivity index (χ0v) is 25.7. The number of carbonyl (C=O) groups is 2. The van der Waals surface area contributed by atoms with E-state index in [0.717, 1.165) is 34.1 Å². The van der Waals surface area contributed by atoms with Gasteiger partial charge >= 0.3 is 0 Å². The predicted molar refractivity (Wildman–Crippen MR) is 161 cm³/mol. The van der Waals surface area contributed by atoms with Crippen LogP contribution in [0, 0.1) is 12.7 Å². The molecule has 0 radical (unpaired) electrons. The van der Waals surface area contributed by atoms with E-state index in [0.29, 0.717) is 17.0 Å². The first-order valence-electron chi connectivity index (χ1n) is 13.3.